The van der Waals surface area contributed by atoms with Crippen LogP contribution in [0.15, 0.2) is 127 Å². The number of nitrogens with one attached hydrogen (secondary N) is 1. The van der Waals surface area contributed by atoms with Gasteiger partial charge in [0.05, 0.1) is 43.2 Å². The van der Waals surface area contributed by atoms with Gasteiger partial charge in [-0.15, -0.1) is 0 Å². The smallest absolute Gasteiger partial charge is 0.261 e. The topological polar surface area (TPSA) is 112 Å². The molecule has 0 saturated carbocycles. The van der Waals surface area contributed by atoms with Crippen molar-refractivity contribution >= 4 is 23.4 Å². The molecule has 0 bridgehead atoms. The van der Waals surface area contributed by atoms with Gasteiger partial charge in [-0.3, -0.25) is 19.3 Å². The zero-order valence-corrected chi connectivity index (χ0v) is 31.9. The van der Waals surface area contributed by atoms with Gasteiger partial charge in [-0.05, 0) is 77.1 Å². The first-order valence-corrected chi connectivity index (χ1v) is 19.8. The molecule has 0 aliphatic carbocycles. The fourth-order valence-corrected chi connectivity index (χ4v) is 9.00. The molecule has 290 valence electrons. The average Bonchev–Trinajstić information content (AvgIpc) is 3.70. The van der Waals surface area contributed by atoms with E-state index in [1.807, 2.05) is 84.9 Å². The summed E-state index contributed by atoms with van der Waals surface area (Å²) in [6.45, 7) is 5.05. The normalized spacial score (nSPS) is 23.2. The van der Waals surface area contributed by atoms with Crippen LogP contribution in [0.2, 0.25) is 0 Å². The number of ether oxygens (including phenoxy) is 2. The number of hydrogen-bond acceptors (Lipinski definition) is 8. The van der Waals surface area contributed by atoms with Crippen molar-refractivity contribution in [2.75, 3.05) is 31.2 Å². The quantitative estimate of drug-likeness (QED) is 0.157. The number of fused-ring (bicyclic) bond motifs is 1. The molecule has 4 heterocycles. The lowest BCUT2D eigenvalue weighted by molar-refractivity contribution is -0.276. The molecule has 3 fully saturated rings. The summed E-state index contributed by atoms with van der Waals surface area (Å²) in [5, 5.41) is 12.8. The lowest BCUT2D eigenvalue weighted by atomic mass is 9.84. The lowest BCUT2D eigenvalue weighted by Crippen LogP contribution is -2.57. The Labute approximate surface area is 332 Å². The summed E-state index contributed by atoms with van der Waals surface area (Å²) in [5.41, 5.74) is 6.87. The molecule has 0 aromatic heterocycles. The van der Waals surface area contributed by atoms with E-state index in [9.17, 15) is 19.5 Å². The summed E-state index contributed by atoms with van der Waals surface area (Å²) in [5.74, 6) is -0.445. The molecule has 5 aromatic carbocycles. The Morgan fingerprint density at radius 3 is 2.09 bits per heavy atom. The van der Waals surface area contributed by atoms with E-state index in [0.29, 0.717) is 24.3 Å². The minimum absolute atomic E-state index is 0.00900. The summed E-state index contributed by atoms with van der Waals surface area (Å²) in [6, 6.07) is 41.2. The number of carbonyl (C=O) groups excluding carboxylic acids is 3. The number of nitrogens with zero attached hydrogens (tertiary/aromatic N) is 3. The third-order valence-electron chi connectivity index (χ3n) is 12.3. The van der Waals surface area contributed by atoms with Crippen molar-refractivity contribution in [1.29, 1.82) is 0 Å². The predicted octanol–water partition coefficient (Wildman–Crippen LogP) is 6.86. The van der Waals surface area contributed by atoms with Crippen LogP contribution < -0.4 is 10.2 Å². The molecule has 4 aliphatic rings. The Morgan fingerprint density at radius 1 is 0.719 bits per heavy atom. The Bertz CT molecular complexity index is 2250. The molecule has 2 N–H and O–H groups in total. The molecule has 3 amide bonds. The fraction of sp³-hybridized carbons (Fsp3) is 0.298. The Kier molecular flexibility index (Phi) is 9.96. The van der Waals surface area contributed by atoms with Gasteiger partial charge in [-0.2, -0.15) is 0 Å². The van der Waals surface area contributed by atoms with E-state index in [4.69, 9.17) is 9.47 Å². The Balaban J connectivity index is 0.947. The van der Waals surface area contributed by atoms with E-state index in [-0.39, 0.29) is 49.0 Å². The molecule has 0 radical (unpaired) electrons. The number of carbonyl (C=O) groups is 3. The average molecular weight is 763 g/mol. The number of piperidine rings is 1. The maximum absolute atomic E-state index is 13.4. The number of benzene rings is 5. The minimum Gasteiger partial charge on any atom is -0.392 e. The van der Waals surface area contributed by atoms with Crippen LogP contribution in [0, 0.1) is 5.92 Å². The van der Waals surface area contributed by atoms with Gasteiger partial charge in [0.15, 0.2) is 6.29 Å². The zero-order valence-electron chi connectivity index (χ0n) is 31.9. The number of imide groups is 1. The second-order valence-corrected chi connectivity index (χ2v) is 15.6. The number of aliphatic hydroxyl groups excluding tert-OH is 1. The largest absolute Gasteiger partial charge is 0.392 e. The molecule has 9 rings (SSSR count). The van der Waals surface area contributed by atoms with Gasteiger partial charge in [-0.1, -0.05) is 97.9 Å². The van der Waals surface area contributed by atoms with Crippen molar-refractivity contribution in [2.24, 2.45) is 5.92 Å². The maximum atomic E-state index is 13.4. The molecule has 4 unspecified atom stereocenters. The summed E-state index contributed by atoms with van der Waals surface area (Å²) in [7, 11) is 0. The van der Waals surface area contributed by atoms with E-state index in [1.54, 1.807) is 24.3 Å². The van der Waals surface area contributed by atoms with E-state index >= 15 is 0 Å². The molecule has 10 heteroatoms. The Hall–Kier alpha value is -5.65. The summed E-state index contributed by atoms with van der Waals surface area (Å²) >= 11 is 0. The number of aliphatic hydroxyl groups is 1. The van der Waals surface area contributed by atoms with Crippen molar-refractivity contribution in [2.45, 2.75) is 57.0 Å². The standard InChI is InChI=1S/C47H46N4O6/c1-31-41(28-49-23-21-47(22-24-49)46(55)48-30-51(47)38-13-3-2-4-14-38)56-45(57-42(31)34-19-17-32(29-52)18-20-34)37-12-8-11-36(26-37)35-10-7-9-33(25-35)27-50-43(53)39-15-5-6-16-40(39)44(50)54/h2-20,25-26,31,41-42,45,52H,21-24,27-30H2,1H3,(H,48,55). The predicted molar refractivity (Wildman–Crippen MR) is 216 cm³/mol. The van der Waals surface area contributed by atoms with Crippen LogP contribution in [0.4, 0.5) is 5.69 Å². The van der Waals surface area contributed by atoms with Gasteiger partial charge in [0.1, 0.15) is 5.54 Å². The summed E-state index contributed by atoms with van der Waals surface area (Å²) in [6.07, 6.45) is 0.345. The number of hydrogen-bond donors (Lipinski definition) is 2. The highest BCUT2D eigenvalue weighted by Gasteiger charge is 2.51. The van der Waals surface area contributed by atoms with E-state index in [0.717, 1.165) is 65.0 Å². The molecular formula is C47H46N4O6. The highest BCUT2D eigenvalue weighted by molar-refractivity contribution is 6.21. The van der Waals surface area contributed by atoms with Gasteiger partial charge in [0.25, 0.3) is 11.8 Å². The monoisotopic (exact) mass is 762 g/mol. The maximum Gasteiger partial charge on any atom is 0.261 e. The van der Waals surface area contributed by atoms with Gasteiger partial charge in [-0.25, -0.2) is 0 Å². The van der Waals surface area contributed by atoms with Gasteiger partial charge < -0.3 is 29.7 Å². The highest BCUT2D eigenvalue weighted by atomic mass is 16.7. The van der Waals surface area contributed by atoms with Crippen LogP contribution in [0.5, 0.6) is 0 Å². The lowest BCUT2D eigenvalue weighted by Gasteiger charge is -2.46. The van der Waals surface area contributed by atoms with Crippen LogP contribution in [0.1, 0.15) is 75.1 Å². The first kappa shape index (κ1) is 37.0. The van der Waals surface area contributed by atoms with E-state index < -0.39 is 11.8 Å². The summed E-state index contributed by atoms with van der Waals surface area (Å²) < 4.78 is 13.7. The molecular weight excluding hydrogens is 717 g/mol. The van der Waals surface area contributed by atoms with Crippen LogP contribution in [-0.2, 0) is 27.4 Å². The summed E-state index contributed by atoms with van der Waals surface area (Å²) in [4.78, 5) is 45.5. The molecule has 10 nitrogen and oxygen atoms in total. The van der Waals surface area contributed by atoms with Crippen molar-refractivity contribution < 1.29 is 29.0 Å². The van der Waals surface area contributed by atoms with Gasteiger partial charge in [0, 0.05) is 36.8 Å². The van der Waals surface area contributed by atoms with Crippen molar-refractivity contribution in [3.8, 4) is 11.1 Å². The number of rotatable bonds is 9. The van der Waals surface area contributed by atoms with Crippen LogP contribution >= 0.6 is 0 Å². The van der Waals surface area contributed by atoms with Crippen molar-refractivity contribution in [1.82, 2.24) is 15.1 Å². The number of likely N-dealkylation sites (tertiary alicyclic amines) is 1. The molecule has 4 atom stereocenters. The van der Waals surface area contributed by atoms with Gasteiger partial charge >= 0.3 is 0 Å². The van der Waals surface area contributed by atoms with Crippen LogP contribution in [0.3, 0.4) is 0 Å². The second-order valence-electron chi connectivity index (χ2n) is 15.6. The SMILES string of the molecule is CC1C(CN2CCC3(CC2)C(=O)NCN3c2ccccc2)OC(c2cccc(-c3cccc(CN4C(=O)c5ccccc5C4=O)c3)c2)OC1c1ccc(CO)cc1. The van der Waals surface area contributed by atoms with Crippen molar-refractivity contribution in [3.05, 3.63) is 161 Å². The fourth-order valence-electron chi connectivity index (χ4n) is 9.00. The molecule has 57 heavy (non-hydrogen) atoms. The third kappa shape index (κ3) is 6.93. The first-order valence-electron chi connectivity index (χ1n) is 19.8. The molecule has 5 aromatic rings. The van der Waals surface area contributed by atoms with Gasteiger partial charge in [0.2, 0.25) is 5.91 Å². The third-order valence-corrected chi connectivity index (χ3v) is 12.3. The van der Waals surface area contributed by atoms with E-state index in [2.05, 4.69) is 40.2 Å². The second kappa shape index (κ2) is 15.4. The number of amides is 3. The molecule has 3 saturated heterocycles. The van der Waals surface area contributed by atoms with Crippen LogP contribution in [-0.4, -0.2) is 70.6 Å². The highest BCUT2D eigenvalue weighted by Crippen LogP contribution is 2.43. The Morgan fingerprint density at radius 2 is 1.39 bits per heavy atom. The van der Waals surface area contributed by atoms with E-state index in [1.165, 1.54) is 4.90 Å². The van der Waals surface area contributed by atoms with Crippen molar-refractivity contribution in [3.63, 3.8) is 0 Å². The first-order chi connectivity index (χ1) is 27.8. The van der Waals surface area contributed by atoms with Crippen LogP contribution in [0.25, 0.3) is 11.1 Å². The zero-order chi connectivity index (χ0) is 39.1. The number of para-hydroxylation sites is 1. The molecule has 1 spiro atoms. The molecule has 4 aliphatic heterocycles. The minimum atomic E-state index is -0.652. The number of anilines is 1.